The Kier molecular flexibility index (Phi) is 7.36. The Morgan fingerprint density at radius 2 is 1.94 bits per heavy atom. The van der Waals surface area contributed by atoms with Gasteiger partial charge in [-0.1, -0.05) is 30.7 Å². The molecule has 176 valence electrons. The number of benzene rings is 2. The molecule has 0 unspecified atom stereocenters. The smallest absolute Gasteiger partial charge is 0.243 e. The average Bonchev–Trinajstić information content (AvgIpc) is 3.45. The number of nitrogens with one attached hydrogen (secondary N) is 1. The van der Waals surface area contributed by atoms with Gasteiger partial charge in [0.15, 0.2) is 0 Å². The third-order valence-corrected chi connectivity index (χ3v) is 8.03. The van der Waals surface area contributed by atoms with E-state index in [1.807, 2.05) is 24.3 Å². The number of aromatic nitrogens is 2. The first-order valence-electron chi connectivity index (χ1n) is 11.4. The second kappa shape index (κ2) is 10.2. The van der Waals surface area contributed by atoms with Crippen LogP contribution in [0, 0.1) is 0 Å². The molecule has 0 saturated carbocycles. The summed E-state index contributed by atoms with van der Waals surface area (Å²) in [5.74, 6) is 0.725. The number of halogens is 1. The van der Waals surface area contributed by atoms with Crippen LogP contribution in [0.4, 0.5) is 0 Å². The van der Waals surface area contributed by atoms with Crippen LogP contribution in [0.3, 0.4) is 0 Å². The van der Waals surface area contributed by atoms with Crippen molar-refractivity contribution < 1.29 is 13.2 Å². The fourth-order valence-electron chi connectivity index (χ4n) is 4.22. The molecule has 1 saturated heterocycles. The highest BCUT2D eigenvalue weighted by molar-refractivity contribution is 7.89. The number of amides is 1. The van der Waals surface area contributed by atoms with Gasteiger partial charge in [-0.25, -0.2) is 13.4 Å². The van der Waals surface area contributed by atoms with Crippen LogP contribution in [0.5, 0.6) is 0 Å². The van der Waals surface area contributed by atoms with E-state index < -0.39 is 10.0 Å². The standard InChI is InChI=1S/C24H29ClN4O3S/c1-2-12-29-22-9-8-20(33(31,32)28-13-3-4-14-28)16-21(22)27-23(29)10-11-24(30)26-17-18-6-5-7-19(25)15-18/h5-9,15-16H,2-4,10-14,17H2,1H3,(H,26,30). The summed E-state index contributed by atoms with van der Waals surface area (Å²) in [6.07, 6.45) is 3.48. The van der Waals surface area contributed by atoms with E-state index in [1.54, 1.807) is 22.5 Å². The van der Waals surface area contributed by atoms with E-state index in [4.69, 9.17) is 16.6 Å². The van der Waals surface area contributed by atoms with Gasteiger partial charge in [-0.2, -0.15) is 4.31 Å². The van der Waals surface area contributed by atoms with Crippen LogP contribution in [-0.4, -0.2) is 41.3 Å². The van der Waals surface area contributed by atoms with Crippen LogP contribution < -0.4 is 5.32 Å². The fourth-order valence-corrected chi connectivity index (χ4v) is 5.97. The van der Waals surface area contributed by atoms with Crippen LogP contribution in [0.15, 0.2) is 47.4 Å². The van der Waals surface area contributed by atoms with E-state index in [0.29, 0.717) is 43.0 Å². The Morgan fingerprint density at radius 1 is 1.15 bits per heavy atom. The highest BCUT2D eigenvalue weighted by Crippen LogP contribution is 2.26. The van der Waals surface area contributed by atoms with Crippen molar-refractivity contribution >= 4 is 38.6 Å². The first-order valence-corrected chi connectivity index (χ1v) is 13.2. The summed E-state index contributed by atoms with van der Waals surface area (Å²) in [6, 6.07) is 12.6. The molecule has 1 amide bonds. The molecule has 1 aliphatic heterocycles. The third-order valence-electron chi connectivity index (χ3n) is 5.90. The van der Waals surface area contributed by atoms with Gasteiger partial charge in [0.05, 0.1) is 15.9 Å². The number of carbonyl (C=O) groups excluding carboxylic acids is 1. The SMILES string of the molecule is CCCn1c(CCC(=O)NCc2cccc(Cl)c2)nc2cc(S(=O)(=O)N3CCCC3)ccc21. The highest BCUT2D eigenvalue weighted by Gasteiger charge is 2.27. The van der Waals surface area contributed by atoms with Gasteiger partial charge in [0.2, 0.25) is 15.9 Å². The zero-order chi connectivity index (χ0) is 23.4. The van der Waals surface area contributed by atoms with Crippen molar-refractivity contribution in [3.05, 3.63) is 58.9 Å². The second-order valence-electron chi connectivity index (χ2n) is 8.35. The Hall–Kier alpha value is -2.42. The summed E-state index contributed by atoms with van der Waals surface area (Å²) in [6.45, 7) is 4.40. The normalized spacial score (nSPS) is 14.7. The Balaban J connectivity index is 1.49. The number of rotatable bonds is 9. The number of hydrogen-bond donors (Lipinski definition) is 1. The topological polar surface area (TPSA) is 84.3 Å². The lowest BCUT2D eigenvalue weighted by Crippen LogP contribution is -2.27. The van der Waals surface area contributed by atoms with Gasteiger partial charge < -0.3 is 9.88 Å². The van der Waals surface area contributed by atoms with Crippen molar-refractivity contribution in [3.8, 4) is 0 Å². The minimum atomic E-state index is -3.50. The fraction of sp³-hybridized carbons (Fsp3) is 0.417. The largest absolute Gasteiger partial charge is 0.352 e. The van der Waals surface area contributed by atoms with E-state index in [2.05, 4.69) is 16.8 Å². The van der Waals surface area contributed by atoms with E-state index in [9.17, 15) is 13.2 Å². The van der Waals surface area contributed by atoms with Crippen molar-refractivity contribution in [2.45, 2.75) is 57.0 Å². The molecule has 2 aromatic carbocycles. The Morgan fingerprint density at radius 3 is 2.67 bits per heavy atom. The molecule has 1 aromatic heterocycles. The van der Waals surface area contributed by atoms with Gasteiger partial charge in [0.1, 0.15) is 5.82 Å². The molecule has 0 atom stereocenters. The van der Waals surface area contributed by atoms with Crippen molar-refractivity contribution in [2.75, 3.05) is 13.1 Å². The van der Waals surface area contributed by atoms with Crippen LogP contribution in [0.2, 0.25) is 5.02 Å². The summed E-state index contributed by atoms with van der Waals surface area (Å²) in [5, 5.41) is 3.56. The lowest BCUT2D eigenvalue weighted by molar-refractivity contribution is -0.121. The maximum absolute atomic E-state index is 13.0. The molecule has 0 aliphatic carbocycles. The molecule has 2 heterocycles. The predicted molar refractivity (Wildman–Crippen MR) is 130 cm³/mol. The minimum Gasteiger partial charge on any atom is -0.352 e. The monoisotopic (exact) mass is 488 g/mol. The average molecular weight is 489 g/mol. The summed E-state index contributed by atoms with van der Waals surface area (Å²) < 4.78 is 29.5. The summed E-state index contributed by atoms with van der Waals surface area (Å²) in [4.78, 5) is 17.4. The number of imidazole rings is 1. The molecule has 1 fully saturated rings. The van der Waals surface area contributed by atoms with Gasteiger partial charge in [-0.05, 0) is 55.2 Å². The van der Waals surface area contributed by atoms with Crippen molar-refractivity contribution in [2.24, 2.45) is 0 Å². The molecule has 1 aliphatic rings. The van der Waals surface area contributed by atoms with Crippen molar-refractivity contribution in [1.82, 2.24) is 19.2 Å². The number of sulfonamides is 1. The molecule has 1 N–H and O–H groups in total. The van der Waals surface area contributed by atoms with Crippen LogP contribution >= 0.6 is 11.6 Å². The zero-order valence-electron chi connectivity index (χ0n) is 18.8. The predicted octanol–water partition coefficient (Wildman–Crippen LogP) is 4.13. The van der Waals surface area contributed by atoms with Gasteiger partial charge in [0.25, 0.3) is 0 Å². The molecular formula is C24H29ClN4O3S. The van der Waals surface area contributed by atoms with E-state index in [-0.39, 0.29) is 10.8 Å². The lowest BCUT2D eigenvalue weighted by Gasteiger charge is -2.15. The summed E-state index contributed by atoms with van der Waals surface area (Å²) in [5.41, 5.74) is 2.49. The molecule has 9 heteroatoms. The quantitative estimate of drug-likeness (QED) is 0.490. The van der Waals surface area contributed by atoms with Crippen LogP contribution in [0.25, 0.3) is 11.0 Å². The van der Waals surface area contributed by atoms with Crippen LogP contribution in [0.1, 0.15) is 44.0 Å². The van der Waals surface area contributed by atoms with Gasteiger partial charge in [-0.15, -0.1) is 0 Å². The highest BCUT2D eigenvalue weighted by atomic mass is 35.5. The van der Waals surface area contributed by atoms with Gasteiger partial charge in [0, 0.05) is 44.0 Å². The zero-order valence-corrected chi connectivity index (χ0v) is 20.3. The van der Waals surface area contributed by atoms with E-state index in [1.165, 1.54) is 0 Å². The minimum absolute atomic E-state index is 0.0672. The number of carbonyl (C=O) groups is 1. The van der Waals surface area contributed by atoms with Crippen molar-refractivity contribution in [3.63, 3.8) is 0 Å². The first kappa shape index (κ1) is 23.7. The molecule has 33 heavy (non-hydrogen) atoms. The molecule has 0 radical (unpaired) electrons. The van der Waals surface area contributed by atoms with E-state index >= 15 is 0 Å². The molecule has 0 spiro atoms. The maximum Gasteiger partial charge on any atom is 0.243 e. The number of nitrogens with zero attached hydrogens (tertiary/aromatic N) is 3. The molecular weight excluding hydrogens is 460 g/mol. The Labute approximate surface area is 199 Å². The molecule has 0 bridgehead atoms. The second-order valence-corrected chi connectivity index (χ2v) is 10.7. The van der Waals surface area contributed by atoms with Gasteiger partial charge in [-0.3, -0.25) is 4.79 Å². The molecule has 4 rings (SSSR count). The van der Waals surface area contributed by atoms with E-state index in [0.717, 1.165) is 42.7 Å². The lowest BCUT2D eigenvalue weighted by atomic mass is 10.2. The number of aryl methyl sites for hydroxylation is 2. The maximum atomic E-state index is 13.0. The first-order chi connectivity index (χ1) is 15.9. The van der Waals surface area contributed by atoms with Gasteiger partial charge >= 0.3 is 0 Å². The Bertz CT molecular complexity index is 1250. The number of fused-ring (bicyclic) bond motifs is 1. The molecule has 3 aromatic rings. The molecule has 7 nitrogen and oxygen atoms in total. The van der Waals surface area contributed by atoms with Crippen LogP contribution in [-0.2, 0) is 34.3 Å². The third kappa shape index (κ3) is 5.39. The number of hydrogen-bond acceptors (Lipinski definition) is 4. The summed E-state index contributed by atoms with van der Waals surface area (Å²) >= 11 is 6.00. The van der Waals surface area contributed by atoms with Crippen molar-refractivity contribution in [1.29, 1.82) is 0 Å². The summed E-state index contributed by atoms with van der Waals surface area (Å²) in [7, 11) is -3.50.